The number of rotatable bonds is 8. The van der Waals surface area contributed by atoms with Crippen molar-refractivity contribution in [1.29, 1.82) is 0 Å². The molecule has 190 valence electrons. The molecule has 0 saturated carbocycles. The molecule has 0 saturated heterocycles. The zero-order valence-electron chi connectivity index (χ0n) is 20.9. The molecule has 0 aliphatic rings. The molecule has 2 aromatic carbocycles. The van der Waals surface area contributed by atoms with Gasteiger partial charge in [-0.3, -0.25) is 14.5 Å². The quantitative estimate of drug-likeness (QED) is 0.377. The Balaban J connectivity index is 1.69. The largest absolute Gasteiger partial charge is 0.451 e. The van der Waals surface area contributed by atoms with E-state index in [1.54, 1.807) is 30.3 Å². The fraction of sp³-hybridized carbons (Fsp3) is 0.250. The minimum atomic E-state index is -1.08. The summed E-state index contributed by atoms with van der Waals surface area (Å²) in [7, 11) is 0. The Morgan fingerprint density at radius 1 is 1.08 bits per heavy atom. The van der Waals surface area contributed by atoms with Gasteiger partial charge in [-0.2, -0.15) is 10.2 Å². The maximum absolute atomic E-state index is 13.7. The van der Waals surface area contributed by atoms with Gasteiger partial charge in [0, 0.05) is 24.0 Å². The second-order valence-electron chi connectivity index (χ2n) is 9.59. The van der Waals surface area contributed by atoms with Gasteiger partial charge in [-0.15, -0.1) is 0 Å². The predicted molar refractivity (Wildman–Crippen MR) is 136 cm³/mol. The first kappa shape index (κ1) is 25.7. The van der Waals surface area contributed by atoms with Crippen molar-refractivity contribution in [2.24, 2.45) is 0 Å². The number of hydrogen-bond donors (Lipinski definition) is 1. The lowest BCUT2D eigenvalue weighted by Crippen LogP contribution is -2.44. The van der Waals surface area contributed by atoms with E-state index in [1.807, 2.05) is 12.1 Å². The van der Waals surface area contributed by atoms with Crippen LogP contribution in [0.3, 0.4) is 0 Å². The van der Waals surface area contributed by atoms with Gasteiger partial charge in [0.2, 0.25) is 5.91 Å². The van der Waals surface area contributed by atoms with Gasteiger partial charge in [0.1, 0.15) is 18.1 Å². The summed E-state index contributed by atoms with van der Waals surface area (Å²) in [5.41, 5.74) is 2.75. The molecule has 0 radical (unpaired) electrons. The van der Waals surface area contributed by atoms with Gasteiger partial charge in [-0.1, -0.05) is 45.0 Å². The van der Waals surface area contributed by atoms with Crippen LogP contribution in [0.1, 0.15) is 54.0 Å². The van der Waals surface area contributed by atoms with Crippen LogP contribution in [0.2, 0.25) is 0 Å². The molecule has 37 heavy (non-hydrogen) atoms. The topological polar surface area (TPSA) is 101 Å². The number of anilines is 1. The van der Waals surface area contributed by atoms with E-state index in [1.165, 1.54) is 35.7 Å². The molecule has 0 aliphatic carbocycles. The summed E-state index contributed by atoms with van der Waals surface area (Å²) in [6.45, 7) is 6.53. The molecule has 1 N–H and O–H groups in total. The van der Waals surface area contributed by atoms with Gasteiger partial charge in [0.25, 0.3) is 5.91 Å². The number of halogens is 1. The number of oxazole rings is 1. The molecule has 2 aromatic heterocycles. The zero-order chi connectivity index (χ0) is 26.4. The summed E-state index contributed by atoms with van der Waals surface area (Å²) in [6, 6.07) is 14.2. The molecule has 9 heteroatoms. The number of nitrogens with one attached hydrogen (secondary N) is 1. The maximum Gasteiger partial charge on any atom is 0.281 e. The van der Waals surface area contributed by atoms with Crippen LogP contribution in [-0.2, 0) is 16.6 Å². The third-order valence-corrected chi connectivity index (χ3v) is 5.91. The minimum Gasteiger partial charge on any atom is -0.451 e. The van der Waals surface area contributed by atoms with Gasteiger partial charge < -0.3 is 9.73 Å². The Kier molecular flexibility index (Phi) is 7.71. The summed E-state index contributed by atoms with van der Waals surface area (Å²) in [5.74, 6) is -1.28. The van der Waals surface area contributed by atoms with Gasteiger partial charge in [-0.05, 0) is 53.3 Å². The molecule has 0 aliphatic heterocycles. The lowest BCUT2D eigenvalue weighted by molar-refractivity contribution is -0.122. The zero-order valence-corrected chi connectivity index (χ0v) is 20.9. The first-order valence-electron chi connectivity index (χ1n) is 11.8. The second-order valence-corrected chi connectivity index (χ2v) is 9.59. The summed E-state index contributed by atoms with van der Waals surface area (Å²) in [5, 5.41) is 10.6. The number of aromatic nitrogens is 3. The second kappa shape index (κ2) is 11.1. The van der Waals surface area contributed by atoms with Crippen LogP contribution in [-0.4, -0.2) is 33.5 Å². The van der Waals surface area contributed by atoms with Crippen molar-refractivity contribution in [3.63, 3.8) is 0 Å². The van der Waals surface area contributed by atoms with Crippen LogP contribution in [0, 0.1) is 5.82 Å². The first-order chi connectivity index (χ1) is 17.7. The number of nitrogens with zero attached hydrogens (tertiary/aromatic N) is 4. The molecule has 2 amide bonds. The highest BCUT2D eigenvalue weighted by Gasteiger charge is 2.35. The van der Waals surface area contributed by atoms with E-state index in [0.717, 1.165) is 17.5 Å². The molecule has 4 rings (SSSR count). The molecule has 2 heterocycles. The maximum atomic E-state index is 13.7. The molecular formula is C28H28FN5O3. The van der Waals surface area contributed by atoms with E-state index in [9.17, 15) is 14.0 Å². The Bertz CT molecular complexity index is 1340. The Morgan fingerprint density at radius 2 is 1.86 bits per heavy atom. The molecule has 0 spiro atoms. The molecule has 1 atom stereocenters. The standard InChI is InChI=1S/C28H28FN5O3/c1-28(2,3)21-7-9-23(10-8-21)34(27(36)24-17-37-18-31-24)25(20-12-14-32-33-16-20)26(35)30-13-11-19-5-4-6-22(29)15-19/h4-10,12,14-18,25H,11,13H2,1-3H3,(H,30,35). The number of carbonyl (C=O) groups excluding carboxylic acids is 2. The van der Waals surface area contributed by atoms with E-state index in [-0.39, 0.29) is 23.5 Å². The average Bonchev–Trinajstić information content (AvgIpc) is 3.42. The third-order valence-electron chi connectivity index (χ3n) is 5.91. The van der Waals surface area contributed by atoms with Crippen molar-refractivity contribution >= 4 is 17.5 Å². The van der Waals surface area contributed by atoms with Gasteiger partial charge in [0.15, 0.2) is 12.1 Å². The summed E-state index contributed by atoms with van der Waals surface area (Å²) < 4.78 is 18.6. The first-order valence-corrected chi connectivity index (χ1v) is 11.8. The Morgan fingerprint density at radius 3 is 2.49 bits per heavy atom. The van der Waals surface area contributed by atoms with E-state index in [4.69, 9.17) is 4.42 Å². The van der Waals surface area contributed by atoms with Crippen LogP contribution in [0.15, 0.2) is 84.1 Å². The fourth-order valence-corrected chi connectivity index (χ4v) is 3.95. The van der Waals surface area contributed by atoms with Crippen molar-refractivity contribution in [2.75, 3.05) is 11.4 Å². The lowest BCUT2D eigenvalue weighted by atomic mass is 9.87. The summed E-state index contributed by atoms with van der Waals surface area (Å²) in [6.07, 6.45) is 5.73. The highest BCUT2D eigenvalue weighted by atomic mass is 19.1. The van der Waals surface area contributed by atoms with E-state index in [0.29, 0.717) is 17.7 Å². The van der Waals surface area contributed by atoms with Crippen molar-refractivity contribution in [3.05, 3.63) is 108 Å². The Hall–Kier alpha value is -4.40. The summed E-state index contributed by atoms with van der Waals surface area (Å²) in [4.78, 5) is 32.7. The number of hydrogen-bond acceptors (Lipinski definition) is 6. The van der Waals surface area contributed by atoms with E-state index < -0.39 is 17.9 Å². The highest BCUT2D eigenvalue weighted by molar-refractivity contribution is 6.09. The van der Waals surface area contributed by atoms with Crippen LogP contribution >= 0.6 is 0 Å². The molecule has 1 unspecified atom stereocenters. The number of carbonyl (C=O) groups is 2. The number of benzene rings is 2. The molecule has 4 aromatic rings. The van der Waals surface area contributed by atoms with Crippen LogP contribution < -0.4 is 10.2 Å². The number of amides is 2. The van der Waals surface area contributed by atoms with Crippen molar-refractivity contribution in [1.82, 2.24) is 20.5 Å². The highest BCUT2D eigenvalue weighted by Crippen LogP contribution is 2.31. The Labute approximate surface area is 214 Å². The van der Waals surface area contributed by atoms with E-state index in [2.05, 4.69) is 41.3 Å². The monoisotopic (exact) mass is 501 g/mol. The van der Waals surface area contributed by atoms with Crippen molar-refractivity contribution in [2.45, 2.75) is 38.6 Å². The normalized spacial score (nSPS) is 12.1. The van der Waals surface area contributed by atoms with Gasteiger partial charge >= 0.3 is 0 Å². The third kappa shape index (κ3) is 6.24. The van der Waals surface area contributed by atoms with Crippen LogP contribution in [0.4, 0.5) is 10.1 Å². The SMILES string of the molecule is CC(C)(C)c1ccc(N(C(=O)c2cocn2)C(C(=O)NCCc2cccc(F)c2)c2ccnnc2)cc1. The molecule has 8 nitrogen and oxygen atoms in total. The van der Waals surface area contributed by atoms with E-state index >= 15 is 0 Å². The van der Waals surface area contributed by atoms with Crippen molar-refractivity contribution in [3.8, 4) is 0 Å². The van der Waals surface area contributed by atoms with Gasteiger partial charge in [-0.25, -0.2) is 9.37 Å². The lowest BCUT2D eigenvalue weighted by Gasteiger charge is -2.31. The molecule has 0 fully saturated rings. The van der Waals surface area contributed by atoms with Crippen LogP contribution in [0.5, 0.6) is 0 Å². The molecule has 0 bridgehead atoms. The molecular weight excluding hydrogens is 473 g/mol. The smallest absolute Gasteiger partial charge is 0.281 e. The fourth-order valence-electron chi connectivity index (χ4n) is 3.95. The van der Waals surface area contributed by atoms with Crippen molar-refractivity contribution < 1.29 is 18.4 Å². The summed E-state index contributed by atoms with van der Waals surface area (Å²) >= 11 is 0. The van der Waals surface area contributed by atoms with Gasteiger partial charge in [0.05, 0.1) is 6.20 Å². The minimum absolute atomic E-state index is 0.0551. The predicted octanol–water partition coefficient (Wildman–Crippen LogP) is 4.65. The average molecular weight is 502 g/mol. The van der Waals surface area contributed by atoms with Crippen LogP contribution in [0.25, 0.3) is 0 Å².